The van der Waals surface area contributed by atoms with Gasteiger partial charge in [-0.05, 0) is 68.5 Å². The van der Waals surface area contributed by atoms with Gasteiger partial charge in [0.25, 0.3) is 5.91 Å². The summed E-state index contributed by atoms with van der Waals surface area (Å²) in [4.78, 5) is 72.0. The molecule has 5 heterocycles. The summed E-state index contributed by atoms with van der Waals surface area (Å²) in [5.41, 5.74) is 5.76. The van der Waals surface area contributed by atoms with E-state index in [9.17, 15) is 37.5 Å². The van der Waals surface area contributed by atoms with E-state index in [1.807, 2.05) is 94.6 Å². The first-order valence-electron chi connectivity index (χ1n) is 27.2. The number of β-amino-alcohol motifs (C(OH)–C–C–N with tert-alkyl or cyclic N) is 1. The molecule has 0 saturated carbocycles. The summed E-state index contributed by atoms with van der Waals surface area (Å²) in [7, 11) is 0. The van der Waals surface area contributed by atoms with Gasteiger partial charge in [-0.3, -0.25) is 19.2 Å². The number of piperidine rings is 1. The van der Waals surface area contributed by atoms with E-state index in [0.717, 1.165) is 51.1 Å². The second-order valence-corrected chi connectivity index (χ2v) is 23.2. The van der Waals surface area contributed by atoms with Crippen molar-refractivity contribution >= 4 is 46.3 Å². The molecule has 0 aliphatic carbocycles. The highest BCUT2D eigenvalue weighted by molar-refractivity contribution is 7.13. The molecule has 3 aromatic carbocycles. The van der Waals surface area contributed by atoms with Gasteiger partial charge in [0.2, 0.25) is 23.5 Å². The van der Waals surface area contributed by atoms with Crippen molar-refractivity contribution in [3.05, 3.63) is 117 Å². The van der Waals surface area contributed by atoms with Crippen LogP contribution in [0.4, 0.5) is 13.2 Å². The van der Waals surface area contributed by atoms with E-state index in [1.54, 1.807) is 40.3 Å². The number of ether oxygens (including phenoxy) is 4. The Kier molecular flexibility index (Phi) is 21.2. The number of likely N-dealkylation sites (tertiary alicyclic amines) is 2. The molecule has 3 aromatic heterocycles. The van der Waals surface area contributed by atoms with Gasteiger partial charge in [-0.2, -0.15) is 18.2 Å². The van der Waals surface area contributed by atoms with Gasteiger partial charge in [0.15, 0.2) is 0 Å². The fourth-order valence-electron chi connectivity index (χ4n) is 9.77. The van der Waals surface area contributed by atoms with Crippen LogP contribution in [0.5, 0.6) is 0 Å². The Balaban J connectivity index is 0.703. The lowest BCUT2D eigenvalue weighted by molar-refractivity contribution is -0.159. The lowest BCUT2D eigenvalue weighted by atomic mass is 9.78. The van der Waals surface area contributed by atoms with E-state index in [2.05, 4.69) is 40.5 Å². The van der Waals surface area contributed by atoms with Gasteiger partial charge in [-0.15, -0.1) is 22.7 Å². The van der Waals surface area contributed by atoms with Crippen molar-refractivity contribution in [3.63, 3.8) is 0 Å². The number of carbonyl (C=O) groups excluding carboxylic acids is 4. The molecule has 6 aromatic rings. The normalized spacial score (nSPS) is 17.4. The number of aromatic nitrogens is 4. The van der Waals surface area contributed by atoms with Gasteiger partial charge in [-0.1, -0.05) is 92.7 Å². The van der Waals surface area contributed by atoms with Crippen LogP contribution < -0.4 is 16.0 Å². The molecule has 440 valence electrons. The van der Waals surface area contributed by atoms with Crippen molar-refractivity contribution in [1.29, 1.82) is 0 Å². The molecule has 2 aliphatic heterocycles. The third-order valence-corrected chi connectivity index (χ3v) is 16.5. The number of aliphatic hydroxyl groups excluding tert-OH is 1. The van der Waals surface area contributed by atoms with E-state index in [-0.39, 0.29) is 55.8 Å². The van der Waals surface area contributed by atoms with Crippen LogP contribution in [0.15, 0.2) is 94.3 Å². The molecule has 4 N–H and O–H groups in total. The smallest absolute Gasteiger partial charge is 0.391 e. The Morgan fingerprint density at radius 2 is 1.50 bits per heavy atom. The van der Waals surface area contributed by atoms with Crippen LogP contribution in [0.2, 0.25) is 0 Å². The molecule has 0 radical (unpaired) electrons. The quantitative estimate of drug-likeness (QED) is 0.0385. The molecule has 2 fully saturated rings. The summed E-state index contributed by atoms with van der Waals surface area (Å²) in [5.74, 6) is -3.50. The first kappa shape index (κ1) is 61.6. The van der Waals surface area contributed by atoms with Crippen LogP contribution in [0.25, 0.3) is 33.1 Å². The van der Waals surface area contributed by atoms with Crippen LogP contribution in [0.1, 0.15) is 85.5 Å². The Labute approximate surface area is 482 Å². The maximum atomic E-state index is 14.1. The minimum absolute atomic E-state index is 0.0413. The molecule has 2 saturated heterocycles. The molecule has 19 nitrogen and oxygen atoms in total. The molecular weight excluding hydrogens is 1100 g/mol. The zero-order valence-corrected chi connectivity index (χ0v) is 48.2. The summed E-state index contributed by atoms with van der Waals surface area (Å²) in [5, 5.41) is 25.9. The lowest BCUT2D eigenvalue weighted by Crippen LogP contribution is -2.58. The topological polar surface area (TPSA) is 233 Å². The number of rotatable bonds is 26. The van der Waals surface area contributed by atoms with Crippen LogP contribution in [0.3, 0.4) is 0 Å². The van der Waals surface area contributed by atoms with Crippen molar-refractivity contribution in [2.24, 2.45) is 5.41 Å². The zero-order valence-electron chi connectivity index (χ0n) is 46.5. The minimum atomic E-state index is -4.79. The maximum Gasteiger partial charge on any atom is 0.471 e. The second-order valence-electron chi connectivity index (χ2n) is 21.5. The maximum absolute atomic E-state index is 14.1. The molecule has 82 heavy (non-hydrogen) atoms. The molecular formula is C58H70F3N9O10S2. The number of carbonyl (C=O) groups is 4. The van der Waals surface area contributed by atoms with Crippen LogP contribution >= 0.6 is 22.7 Å². The van der Waals surface area contributed by atoms with Gasteiger partial charge in [0.05, 0.1) is 80.2 Å². The molecule has 0 unspecified atom stereocenters. The van der Waals surface area contributed by atoms with Gasteiger partial charge in [-0.25, -0.2) is 9.97 Å². The Morgan fingerprint density at radius 1 is 0.829 bits per heavy atom. The standard InChI is InChI=1S/C58H70F3N9O10S2/c1-37(39-14-16-41(17-15-39)48-38(2)63-36-82-48)64-52(74)46-31-44(71)32-70(46)53(75)49(56(3,4)5)66-47(72)33-79-29-28-78-27-26-77-25-24-76-23-22-69-20-18-57(19-21-69,55-65-45(34-81-55)40-10-7-6-8-11-40)35-62-51(73)43-13-9-12-42(30-43)50-67-54(80-68-50)58(59,60)61/h6-17,30,34,36-37,44,46,49,71H,18-29,31-33,35H2,1-5H3,(H,62,73)(H,64,74)(H,66,72)/t37-,44+,46-,49+/m0/s1. The number of aliphatic hydroxyl groups is 1. The number of nitrogens with one attached hydrogen (secondary N) is 3. The van der Waals surface area contributed by atoms with Crippen molar-refractivity contribution in [1.82, 2.24) is 45.9 Å². The van der Waals surface area contributed by atoms with Crippen molar-refractivity contribution < 1.29 is 60.9 Å². The number of halogens is 3. The minimum Gasteiger partial charge on any atom is -0.391 e. The van der Waals surface area contributed by atoms with Crippen molar-refractivity contribution in [2.45, 2.75) is 89.7 Å². The number of thiazole rings is 2. The monoisotopic (exact) mass is 1170 g/mol. The van der Waals surface area contributed by atoms with E-state index in [1.165, 1.54) is 17.0 Å². The molecule has 8 rings (SSSR count). The fourth-order valence-corrected chi connectivity index (χ4v) is 11.7. The van der Waals surface area contributed by atoms with Gasteiger partial charge in [0.1, 0.15) is 23.7 Å². The molecule has 4 amide bonds. The fraction of sp³-hybridized carbons (Fsp3) is 0.483. The number of alkyl halides is 3. The number of hydrogen-bond acceptors (Lipinski definition) is 17. The Hall–Kier alpha value is -6.51. The summed E-state index contributed by atoms with van der Waals surface area (Å²) in [6.07, 6.45) is -4.21. The van der Waals surface area contributed by atoms with Gasteiger partial charge >= 0.3 is 12.1 Å². The largest absolute Gasteiger partial charge is 0.471 e. The average molecular weight is 1170 g/mol. The Bertz CT molecular complexity index is 3050. The molecule has 4 atom stereocenters. The predicted molar refractivity (Wildman–Crippen MR) is 302 cm³/mol. The third kappa shape index (κ3) is 16.4. The number of aryl methyl sites for hydroxylation is 1. The number of amides is 4. The molecule has 0 spiro atoms. The third-order valence-electron chi connectivity index (χ3n) is 14.4. The highest BCUT2D eigenvalue weighted by atomic mass is 32.1. The number of nitrogens with zero attached hydrogens (tertiary/aromatic N) is 6. The number of hydrogen-bond donors (Lipinski definition) is 4. The highest BCUT2D eigenvalue weighted by Gasteiger charge is 2.45. The second kappa shape index (κ2) is 28.2. The summed E-state index contributed by atoms with van der Waals surface area (Å²) in [6, 6.07) is 21.5. The zero-order chi connectivity index (χ0) is 58.4. The van der Waals surface area contributed by atoms with Crippen LogP contribution in [-0.2, 0) is 44.9 Å². The molecule has 24 heteroatoms. The number of benzene rings is 3. The predicted octanol–water partition coefficient (Wildman–Crippen LogP) is 7.51. The van der Waals surface area contributed by atoms with E-state index >= 15 is 0 Å². The lowest BCUT2D eigenvalue weighted by Gasteiger charge is -2.40. The highest BCUT2D eigenvalue weighted by Crippen LogP contribution is 2.39. The van der Waals surface area contributed by atoms with Crippen LogP contribution in [-0.4, -0.2) is 162 Å². The molecule has 2 aliphatic rings. The molecule has 0 bridgehead atoms. The first-order valence-corrected chi connectivity index (χ1v) is 29.0. The van der Waals surface area contributed by atoms with Crippen molar-refractivity contribution in [2.75, 3.05) is 85.6 Å². The summed E-state index contributed by atoms with van der Waals surface area (Å²) in [6.45, 7) is 13.5. The van der Waals surface area contributed by atoms with E-state index < -0.39 is 64.7 Å². The van der Waals surface area contributed by atoms with Gasteiger partial charge in [0, 0.05) is 53.5 Å². The van der Waals surface area contributed by atoms with Crippen molar-refractivity contribution in [3.8, 4) is 33.1 Å². The first-order chi connectivity index (χ1) is 39.3. The average Bonchev–Trinajstić information content (AvgIpc) is 4.44. The summed E-state index contributed by atoms with van der Waals surface area (Å²) < 4.78 is 66.5. The van der Waals surface area contributed by atoms with E-state index in [0.29, 0.717) is 59.0 Å². The SMILES string of the molecule is Cc1ncsc1-c1ccc([C@H](C)NC(=O)[C@@H]2C[C@@H](O)CN2C(=O)[C@@H](NC(=O)COCCOCCOCCOCCN2CCC(CNC(=O)c3cccc(-c4noc(C(F)(F)F)n4)c3)(c3nc(-c4ccccc4)cs3)CC2)C(C)(C)C)cc1. The van der Waals surface area contributed by atoms with E-state index in [4.69, 9.17) is 23.9 Å². The van der Waals surface area contributed by atoms with Gasteiger partial charge < -0.3 is 54.3 Å². The van der Waals surface area contributed by atoms with Crippen LogP contribution in [0, 0.1) is 12.3 Å². The Morgan fingerprint density at radius 3 is 2.15 bits per heavy atom. The summed E-state index contributed by atoms with van der Waals surface area (Å²) >= 11 is 3.12.